The van der Waals surface area contributed by atoms with Gasteiger partial charge in [0.15, 0.2) is 0 Å². The lowest BCUT2D eigenvalue weighted by Crippen LogP contribution is -2.51. The van der Waals surface area contributed by atoms with Crippen LogP contribution in [0.2, 0.25) is 0 Å². The van der Waals surface area contributed by atoms with Gasteiger partial charge in [-0.15, -0.1) is 11.3 Å². The van der Waals surface area contributed by atoms with Crippen LogP contribution in [0.3, 0.4) is 0 Å². The van der Waals surface area contributed by atoms with Crippen LogP contribution in [0.4, 0.5) is 4.39 Å². The van der Waals surface area contributed by atoms with Crippen molar-refractivity contribution in [2.75, 3.05) is 26.2 Å². The van der Waals surface area contributed by atoms with E-state index >= 15 is 0 Å². The van der Waals surface area contributed by atoms with Gasteiger partial charge in [-0.1, -0.05) is 6.07 Å². The summed E-state index contributed by atoms with van der Waals surface area (Å²) in [6.07, 6.45) is 0. The van der Waals surface area contributed by atoms with Gasteiger partial charge >= 0.3 is 0 Å². The second-order valence-corrected chi connectivity index (χ2v) is 10.6. The second kappa shape index (κ2) is 8.93. The van der Waals surface area contributed by atoms with Crippen molar-refractivity contribution in [1.29, 1.82) is 0 Å². The number of aromatic nitrogens is 2. The number of carbonyl (C=O) groups excluding carboxylic acids is 1. The minimum absolute atomic E-state index is 0.0847. The number of halogens is 1. The number of amides is 1. The first-order valence-electron chi connectivity index (χ1n) is 9.92. The van der Waals surface area contributed by atoms with Crippen LogP contribution in [0.15, 0.2) is 58.2 Å². The summed E-state index contributed by atoms with van der Waals surface area (Å²) in [5.74, 6) is -0.945. The van der Waals surface area contributed by atoms with E-state index in [0.717, 1.165) is 20.5 Å². The van der Waals surface area contributed by atoms with Gasteiger partial charge in [0.2, 0.25) is 15.9 Å². The largest absolute Gasteiger partial charge is 0.338 e. The van der Waals surface area contributed by atoms with Crippen molar-refractivity contribution in [3.63, 3.8) is 0 Å². The van der Waals surface area contributed by atoms with Crippen molar-refractivity contribution < 1.29 is 17.6 Å². The number of hydrogen-bond donors (Lipinski definition) is 0. The van der Waals surface area contributed by atoms with E-state index in [4.69, 9.17) is 0 Å². The smallest absolute Gasteiger partial charge is 0.267 e. The Balaban J connectivity index is 1.43. The molecular weight excluding hydrogens is 455 g/mol. The average Bonchev–Trinajstić information content (AvgIpc) is 3.21. The zero-order chi connectivity index (χ0) is 22.9. The molecule has 2 aromatic heterocycles. The highest BCUT2D eigenvalue weighted by Crippen LogP contribution is 2.25. The third-order valence-corrected chi connectivity index (χ3v) is 8.09. The number of piperazine rings is 1. The molecule has 11 heteroatoms. The van der Waals surface area contributed by atoms with Crippen molar-refractivity contribution in [3.05, 3.63) is 69.6 Å². The van der Waals surface area contributed by atoms with Crippen LogP contribution in [0.25, 0.3) is 10.6 Å². The van der Waals surface area contributed by atoms with Crippen LogP contribution in [0.5, 0.6) is 0 Å². The van der Waals surface area contributed by atoms with Gasteiger partial charge in [-0.05, 0) is 43.3 Å². The van der Waals surface area contributed by atoms with E-state index in [9.17, 15) is 22.4 Å². The number of hydrogen-bond acceptors (Lipinski definition) is 6. The van der Waals surface area contributed by atoms with Crippen LogP contribution in [-0.4, -0.2) is 59.5 Å². The fourth-order valence-corrected chi connectivity index (χ4v) is 5.73. The highest BCUT2D eigenvalue weighted by molar-refractivity contribution is 7.89. The Morgan fingerprint density at radius 1 is 1.09 bits per heavy atom. The highest BCUT2D eigenvalue weighted by Gasteiger charge is 2.30. The number of benzene rings is 1. The monoisotopic (exact) mass is 476 g/mol. The molecule has 168 valence electrons. The van der Waals surface area contributed by atoms with Crippen LogP contribution >= 0.6 is 11.3 Å². The van der Waals surface area contributed by atoms with Gasteiger partial charge in [-0.2, -0.15) is 9.40 Å². The lowest BCUT2D eigenvalue weighted by Gasteiger charge is -2.34. The van der Waals surface area contributed by atoms with Crippen molar-refractivity contribution in [2.24, 2.45) is 0 Å². The quantitative estimate of drug-likeness (QED) is 0.561. The zero-order valence-electron chi connectivity index (χ0n) is 17.3. The predicted molar refractivity (Wildman–Crippen MR) is 118 cm³/mol. The number of sulfonamides is 1. The summed E-state index contributed by atoms with van der Waals surface area (Å²) in [5, 5.41) is 4.32. The fraction of sp³-hybridized carbons (Fsp3) is 0.286. The molecule has 0 radical (unpaired) electrons. The summed E-state index contributed by atoms with van der Waals surface area (Å²) in [5.41, 5.74) is 0.226. The molecule has 4 rings (SSSR count). The molecule has 0 unspecified atom stereocenters. The standard InChI is InChI=1S/C21H21FN4O4S2/c1-15-5-7-19(31-15)18-6-8-20(27)26(23-18)14-21(28)24-9-11-25(12-10-24)32(29,30)17-4-2-3-16(22)13-17/h2-8,13H,9-12,14H2,1H3. The number of carbonyl (C=O) groups is 1. The first kappa shape index (κ1) is 22.3. The Hall–Kier alpha value is -2.89. The molecule has 1 saturated heterocycles. The molecule has 1 aliphatic rings. The zero-order valence-corrected chi connectivity index (χ0v) is 18.9. The third kappa shape index (κ3) is 4.64. The van der Waals surface area contributed by atoms with E-state index < -0.39 is 15.8 Å². The number of aryl methyl sites for hydroxylation is 1. The minimum atomic E-state index is -3.84. The summed E-state index contributed by atoms with van der Waals surface area (Å²) in [6.45, 7) is 2.26. The maximum atomic E-state index is 13.4. The van der Waals surface area contributed by atoms with Crippen molar-refractivity contribution in [2.45, 2.75) is 18.4 Å². The van der Waals surface area contributed by atoms with E-state index in [2.05, 4.69) is 5.10 Å². The molecule has 3 aromatic rings. The number of thiophene rings is 1. The normalized spacial score (nSPS) is 15.1. The Morgan fingerprint density at radius 2 is 1.84 bits per heavy atom. The van der Waals surface area contributed by atoms with Crippen molar-refractivity contribution in [1.82, 2.24) is 19.0 Å². The summed E-state index contributed by atoms with van der Waals surface area (Å²) >= 11 is 1.54. The van der Waals surface area contributed by atoms with E-state index in [1.54, 1.807) is 17.4 Å². The molecule has 3 heterocycles. The fourth-order valence-electron chi connectivity index (χ4n) is 3.45. The van der Waals surface area contributed by atoms with Gasteiger partial charge in [0.05, 0.1) is 9.77 Å². The van der Waals surface area contributed by atoms with Gasteiger partial charge in [0.1, 0.15) is 18.1 Å². The first-order chi connectivity index (χ1) is 15.2. The summed E-state index contributed by atoms with van der Waals surface area (Å²) < 4.78 is 41.3. The van der Waals surface area contributed by atoms with Crippen molar-refractivity contribution >= 4 is 27.3 Å². The Labute approximate surface area is 188 Å². The lowest BCUT2D eigenvalue weighted by atomic mass is 10.3. The third-order valence-electron chi connectivity index (χ3n) is 5.17. The molecule has 0 N–H and O–H groups in total. The molecule has 1 fully saturated rings. The van der Waals surface area contributed by atoms with E-state index in [0.29, 0.717) is 5.69 Å². The van der Waals surface area contributed by atoms with Crippen LogP contribution in [0, 0.1) is 12.7 Å². The molecule has 1 aromatic carbocycles. The lowest BCUT2D eigenvalue weighted by molar-refractivity contribution is -0.133. The highest BCUT2D eigenvalue weighted by atomic mass is 32.2. The molecule has 8 nitrogen and oxygen atoms in total. The molecule has 0 spiro atoms. The summed E-state index contributed by atoms with van der Waals surface area (Å²) in [6, 6.07) is 11.7. The van der Waals surface area contributed by atoms with Crippen molar-refractivity contribution in [3.8, 4) is 10.6 Å². The van der Waals surface area contributed by atoms with Gasteiger partial charge < -0.3 is 4.90 Å². The van der Waals surface area contributed by atoms with E-state index in [-0.39, 0.29) is 49.1 Å². The predicted octanol–water partition coefficient (Wildman–Crippen LogP) is 1.95. The maximum Gasteiger partial charge on any atom is 0.267 e. The molecule has 1 amide bonds. The van der Waals surface area contributed by atoms with Crippen LogP contribution in [0.1, 0.15) is 4.88 Å². The molecule has 1 aliphatic heterocycles. The van der Waals surface area contributed by atoms with Gasteiger partial charge in [0.25, 0.3) is 5.56 Å². The molecule has 0 atom stereocenters. The first-order valence-corrected chi connectivity index (χ1v) is 12.2. The van der Waals surface area contributed by atoms with Gasteiger partial charge in [0, 0.05) is 37.1 Å². The second-order valence-electron chi connectivity index (χ2n) is 7.37. The number of nitrogens with zero attached hydrogens (tertiary/aromatic N) is 4. The Kier molecular flexibility index (Phi) is 6.22. The molecule has 0 aliphatic carbocycles. The van der Waals surface area contributed by atoms with Gasteiger partial charge in [-0.3, -0.25) is 9.59 Å². The van der Waals surface area contributed by atoms with E-state index in [1.165, 1.54) is 33.5 Å². The number of rotatable bonds is 5. The topological polar surface area (TPSA) is 92.6 Å². The van der Waals surface area contributed by atoms with Crippen LogP contribution < -0.4 is 5.56 Å². The van der Waals surface area contributed by atoms with E-state index in [1.807, 2.05) is 19.1 Å². The van der Waals surface area contributed by atoms with Gasteiger partial charge in [-0.25, -0.2) is 17.5 Å². The SMILES string of the molecule is Cc1ccc(-c2ccc(=O)n(CC(=O)N3CCN(S(=O)(=O)c4cccc(F)c4)CC3)n2)s1. The summed E-state index contributed by atoms with van der Waals surface area (Å²) in [7, 11) is -3.84. The maximum absolute atomic E-state index is 13.4. The molecule has 0 bridgehead atoms. The molecule has 0 saturated carbocycles. The molecule has 32 heavy (non-hydrogen) atoms. The Bertz CT molecular complexity index is 1310. The average molecular weight is 477 g/mol. The minimum Gasteiger partial charge on any atom is -0.338 e. The van der Waals surface area contributed by atoms with Crippen LogP contribution in [-0.2, 0) is 21.4 Å². The molecular formula is C21H21FN4O4S2. The summed E-state index contributed by atoms with van der Waals surface area (Å²) in [4.78, 5) is 28.4. The Morgan fingerprint density at radius 3 is 2.50 bits per heavy atom.